The van der Waals surface area contributed by atoms with Crippen LogP contribution in [0.15, 0.2) is 18.2 Å². The standard InChI is InChI=1S/C10H10FN3O5/c1-5(9(15)13-10(12)16)19-8-4-6(11)2-3-7(8)14(17)18/h2-5H,1H3,(H3,12,13,15,16)/t5-/m1/s1. The number of hydrogen-bond donors (Lipinski definition) is 2. The molecule has 0 fully saturated rings. The summed E-state index contributed by atoms with van der Waals surface area (Å²) in [5, 5.41) is 12.4. The molecule has 8 nitrogen and oxygen atoms in total. The van der Waals surface area contributed by atoms with Crippen molar-refractivity contribution in [1.82, 2.24) is 5.32 Å². The SMILES string of the molecule is C[C@@H](Oc1cc(F)ccc1[N+](=O)[O-])C(=O)NC(N)=O. The van der Waals surface area contributed by atoms with Crippen molar-refractivity contribution in [2.75, 3.05) is 0 Å². The summed E-state index contributed by atoms with van der Waals surface area (Å²) in [6, 6.07) is 1.48. The average molecular weight is 271 g/mol. The lowest BCUT2D eigenvalue weighted by Crippen LogP contribution is -2.42. The molecule has 0 spiro atoms. The summed E-state index contributed by atoms with van der Waals surface area (Å²) in [4.78, 5) is 31.7. The summed E-state index contributed by atoms with van der Waals surface area (Å²) in [7, 11) is 0. The fraction of sp³-hybridized carbons (Fsp3) is 0.200. The number of carbonyl (C=O) groups is 2. The summed E-state index contributed by atoms with van der Waals surface area (Å²) >= 11 is 0. The molecule has 1 aromatic carbocycles. The number of amides is 3. The van der Waals surface area contributed by atoms with E-state index in [0.29, 0.717) is 0 Å². The highest BCUT2D eigenvalue weighted by Crippen LogP contribution is 2.28. The molecule has 0 aliphatic rings. The zero-order valence-corrected chi connectivity index (χ0v) is 9.75. The number of rotatable bonds is 4. The molecule has 0 aliphatic heterocycles. The quantitative estimate of drug-likeness (QED) is 0.615. The summed E-state index contributed by atoms with van der Waals surface area (Å²) < 4.78 is 17.9. The maximum absolute atomic E-state index is 13.0. The Morgan fingerprint density at radius 3 is 2.68 bits per heavy atom. The number of nitrogens with one attached hydrogen (secondary N) is 1. The van der Waals surface area contributed by atoms with Crippen LogP contribution in [-0.2, 0) is 4.79 Å². The molecule has 1 aromatic rings. The van der Waals surface area contributed by atoms with Crippen LogP contribution in [0.1, 0.15) is 6.92 Å². The van der Waals surface area contributed by atoms with Crippen LogP contribution in [0.4, 0.5) is 14.9 Å². The lowest BCUT2D eigenvalue weighted by Gasteiger charge is -2.13. The zero-order valence-electron chi connectivity index (χ0n) is 9.75. The van der Waals surface area contributed by atoms with Crippen LogP contribution in [0.5, 0.6) is 5.75 Å². The van der Waals surface area contributed by atoms with E-state index in [0.717, 1.165) is 18.2 Å². The minimum Gasteiger partial charge on any atom is -0.474 e. The molecule has 1 rings (SSSR count). The van der Waals surface area contributed by atoms with Gasteiger partial charge in [0.2, 0.25) is 5.75 Å². The number of nitrogens with two attached hydrogens (primary N) is 1. The average Bonchev–Trinajstić information content (AvgIpc) is 2.27. The number of urea groups is 1. The largest absolute Gasteiger partial charge is 0.474 e. The molecule has 1 atom stereocenters. The molecule has 102 valence electrons. The number of nitro benzene ring substituents is 1. The number of imide groups is 1. The summed E-state index contributed by atoms with van der Waals surface area (Å²) in [6.45, 7) is 1.23. The van der Waals surface area contributed by atoms with Crippen molar-refractivity contribution in [3.63, 3.8) is 0 Å². The molecule has 0 unspecified atom stereocenters. The molecule has 0 bridgehead atoms. The Hall–Kier alpha value is -2.71. The summed E-state index contributed by atoms with van der Waals surface area (Å²) in [5.74, 6) is -2.08. The van der Waals surface area contributed by atoms with Gasteiger partial charge in [-0.2, -0.15) is 0 Å². The van der Waals surface area contributed by atoms with E-state index in [-0.39, 0.29) is 0 Å². The predicted molar refractivity (Wildman–Crippen MR) is 60.9 cm³/mol. The van der Waals surface area contributed by atoms with Crippen LogP contribution in [0.2, 0.25) is 0 Å². The molecule has 0 aliphatic carbocycles. The molecule has 0 heterocycles. The second kappa shape index (κ2) is 5.76. The first kappa shape index (κ1) is 14.4. The van der Waals surface area contributed by atoms with Crippen molar-refractivity contribution in [2.45, 2.75) is 13.0 Å². The van der Waals surface area contributed by atoms with E-state index in [1.54, 1.807) is 5.32 Å². The lowest BCUT2D eigenvalue weighted by atomic mass is 10.3. The molecule has 0 saturated heterocycles. The first-order valence-electron chi connectivity index (χ1n) is 5.02. The second-order valence-corrected chi connectivity index (χ2v) is 3.48. The van der Waals surface area contributed by atoms with E-state index < -0.39 is 40.2 Å². The lowest BCUT2D eigenvalue weighted by molar-refractivity contribution is -0.386. The van der Waals surface area contributed by atoms with E-state index in [9.17, 15) is 24.1 Å². The number of primary amides is 1. The van der Waals surface area contributed by atoms with E-state index >= 15 is 0 Å². The van der Waals surface area contributed by atoms with Gasteiger partial charge in [0.25, 0.3) is 5.91 Å². The van der Waals surface area contributed by atoms with Crippen LogP contribution >= 0.6 is 0 Å². The van der Waals surface area contributed by atoms with Crippen molar-refractivity contribution in [3.8, 4) is 5.75 Å². The molecule has 0 aromatic heterocycles. The second-order valence-electron chi connectivity index (χ2n) is 3.48. The van der Waals surface area contributed by atoms with Gasteiger partial charge >= 0.3 is 11.7 Å². The Morgan fingerprint density at radius 1 is 1.53 bits per heavy atom. The van der Waals surface area contributed by atoms with Crippen LogP contribution in [-0.4, -0.2) is 23.0 Å². The molecule has 0 saturated carbocycles. The highest BCUT2D eigenvalue weighted by Gasteiger charge is 2.22. The van der Waals surface area contributed by atoms with Gasteiger partial charge in [0.1, 0.15) is 5.82 Å². The van der Waals surface area contributed by atoms with Gasteiger partial charge in [0, 0.05) is 12.1 Å². The number of ether oxygens (including phenoxy) is 1. The maximum atomic E-state index is 13.0. The summed E-state index contributed by atoms with van der Waals surface area (Å²) in [6.07, 6.45) is -1.26. The summed E-state index contributed by atoms with van der Waals surface area (Å²) in [5.41, 5.74) is 4.23. The Morgan fingerprint density at radius 2 is 2.16 bits per heavy atom. The number of halogens is 1. The molecule has 3 amide bonds. The Labute approximate surface area is 106 Å². The third-order valence-corrected chi connectivity index (χ3v) is 2.04. The van der Waals surface area contributed by atoms with Crippen molar-refractivity contribution < 1.29 is 23.6 Å². The number of carbonyl (C=O) groups excluding carboxylic acids is 2. The Bertz CT molecular complexity index is 534. The van der Waals surface area contributed by atoms with Gasteiger partial charge in [0.15, 0.2) is 6.10 Å². The highest BCUT2D eigenvalue weighted by molar-refractivity contribution is 5.95. The van der Waals surface area contributed by atoms with E-state index in [2.05, 4.69) is 0 Å². The van der Waals surface area contributed by atoms with Crippen LogP contribution < -0.4 is 15.8 Å². The van der Waals surface area contributed by atoms with Crippen LogP contribution in [0.25, 0.3) is 0 Å². The normalized spacial score (nSPS) is 11.5. The molecular formula is C10H10FN3O5. The molecular weight excluding hydrogens is 261 g/mol. The number of nitrogens with zero attached hydrogens (tertiary/aromatic N) is 1. The van der Waals surface area contributed by atoms with E-state index in [1.807, 2.05) is 0 Å². The number of benzene rings is 1. The van der Waals surface area contributed by atoms with Gasteiger partial charge in [-0.25, -0.2) is 9.18 Å². The number of hydrogen-bond acceptors (Lipinski definition) is 5. The number of nitro groups is 1. The molecule has 9 heteroatoms. The predicted octanol–water partition coefficient (Wildman–Crippen LogP) is 0.696. The van der Waals surface area contributed by atoms with Crippen LogP contribution in [0.3, 0.4) is 0 Å². The topological polar surface area (TPSA) is 125 Å². The fourth-order valence-corrected chi connectivity index (χ4v) is 1.20. The van der Waals surface area contributed by atoms with Gasteiger partial charge < -0.3 is 10.5 Å². The first-order chi connectivity index (χ1) is 8.81. The zero-order chi connectivity index (χ0) is 14.6. The van der Waals surface area contributed by atoms with Crippen molar-refractivity contribution in [1.29, 1.82) is 0 Å². The van der Waals surface area contributed by atoms with Gasteiger partial charge in [-0.3, -0.25) is 20.2 Å². The van der Waals surface area contributed by atoms with Gasteiger partial charge in [-0.1, -0.05) is 0 Å². The van der Waals surface area contributed by atoms with Gasteiger partial charge in [-0.15, -0.1) is 0 Å². The van der Waals surface area contributed by atoms with Crippen molar-refractivity contribution in [2.24, 2.45) is 5.73 Å². The maximum Gasteiger partial charge on any atom is 0.318 e. The van der Waals surface area contributed by atoms with Gasteiger partial charge in [-0.05, 0) is 13.0 Å². The monoisotopic (exact) mass is 271 g/mol. The van der Waals surface area contributed by atoms with Crippen molar-refractivity contribution >= 4 is 17.6 Å². The van der Waals surface area contributed by atoms with Gasteiger partial charge in [0.05, 0.1) is 4.92 Å². The fourth-order valence-electron chi connectivity index (χ4n) is 1.20. The van der Waals surface area contributed by atoms with E-state index in [1.165, 1.54) is 6.92 Å². The van der Waals surface area contributed by atoms with Crippen LogP contribution in [0, 0.1) is 15.9 Å². The minimum absolute atomic E-state index is 0.419. The minimum atomic E-state index is -1.26. The van der Waals surface area contributed by atoms with Crippen molar-refractivity contribution in [3.05, 3.63) is 34.1 Å². The Kier molecular flexibility index (Phi) is 4.35. The molecule has 3 N–H and O–H groups in total. The molecule has 19 heavy (non-hydrogen) atoms. The molecule has 0 radical (unpaired) electrons. The smallest absolute Gasteiger partial charge is 0.318 e. The van der Waals surface area contributed by atoms with E-state index in [4.69, 9.17) is 10.5 Å². The Balaban J connectivity index is 2.92. The highest BCUT2D eigenvalue weighted by atomic mass is 19.1. The third kappa shape index (κ3) is 3.91. The first-order valence-corrected chi connectivity index (χ1v) is 5.02. The third-order valence-electron chi connectivity index (χ3n) is 2.04.